The van der Waals surface area contributed by atoms with Crippen LogP contribution in [0, 0.1) is 0 Å². The largest absolute Gasteiger partial charge is 0.376 e. The lowest BCUT2D eigenvalue weighted by Gasteiger charge is -2.47. The number of rotatable bonds is 10. The van der Waals surface area contributed by atoms with Crippen LogP contribution in [0.4, 0.5) is 45.5 Å². The highest BCUT2D eigenvalue weighted by Crippen LogP contribution is 2.51. The molecule has 0 amide bonds. The van der Waals surface area contributed by atoms with E-state index in [9.17, 15) is 0 Å². The molecule has 0 fully saturated rings. The zero-order valence-corrected chi connectivity index (χ0v) is 45.2. The van der Waals surface area contributed by atoms with Crippen LogP contribution in [-0.2, 0) is 5.41 Å². The zero-order chi connectivity index (χ0) is 53.7. The Labute approximate surface area is 471 Å². The van der Waals surface area contributed by atoms with Crippen molar-refractivity contribution < 1.29 is 0 Å². The van der Waals surface area contributed by atoms with E-state index in [1.807, 2.05) is 0 Å². The molecule has 0 bridgehead atoms. The summed E-state index contributed by atoms with van der Waals surface area (Å²) in [4.78, 5) is 7.65. The fourth-order valence-corrected chi connectivity index (χ4v) is 12.1. The maximum Gasteiger partial charge on any atom is 0.333 e. The second kappa shape index (κ2) is 20.2. The standard InChI is InChI=1S/C76H58BN3/c1-76(2,3)63-50-70-69-45-44-67(78(64-40-35-58(36-41-64)53-21-9-4-10-22-53)65-42-37-59(38-43-65)54-23-11-5-12-24-54)52-72(69)80(68-34-20-32-61(48-68)56-27-15-7-16-28-56)77-71-46-39-62(57-29-17-8-18-30-57)49-73(71)79(74(51-63)75(70)77)66-33-19-31-60(47-66)55-25-13-6-14-26-55/h4-52H,1-3H3. The van der Waals surface area contributed by atoms with Crippen molar-refractivity contribution in [2.24, 2.45) is 0 Å². The lowest BCUT2D eigenvalue weighted by atomic mass is 9.43. The Morgan fingerprint density at radius 3 is 1.21 bits per heavy atom. The van der Waals surface area contributed by atoms with E-state index in [4.69, 9.17) is 0 Å². The molecular formula is C76H58BN3. The average Bonchev–Trinajstić information content (AvgIpc) is 3.71. The molecular weight excluding hydrogens is 966 g/mol. The predicted molar refractivity (Wildman–Crippen MR) is 341 cm³/mol. The molecule has 80 heavy (non-hydrogen) atoms. The van der Waals surface area contributed by atoms with E-state index in [1.54, 1.807) is 0 Å². The van der Waals surface area contributed by atoms with Crippen LogP contribution in [0.5, 0.6) is 0 Å². The van der Waals surface area contributed by atoms with E-state index in [-0.39, 0.29) is 12.3 Å². The Morgan fingerprint density at radius 1 is 0.300 bits per heavy atom. The normalized spacial score (nSPS) is 12.4. The second-order valence-electron chi connectivity index (χ2n) is 22.1. The van der Waals surface area contributed by atoms with E-state index in [2.05, 4.69) is 333 Å². The molecule has 0 saturated heterocycles. The number of fused-ring (bicyclic) bond motifs is 4. The first-order valence-corrected chi connectivity index (χ1v) is 27.8. The minimum absolute atomic E-state index is 0.166. The molecule has 14 rings (SSSR count). The number of hydrogen-bond acceptors (Lipinski definition) is 3. The van der Waals surface area contributed by atoms with Crippen LogP contribution in [0.1, 0.15) is 26.3 Å². The lowest BCUT2D eigenvalue weighted by molar-refractivity contribution is 0.590. The highest BCUT2D eigenvalue weighted by Gasteiger charge is 2.46. The zero-order valence-electron chi connectivity index (χ0n) is 45.2. The van der Waals surface area contributed by atoms with E-state index in [0.717, 1.165) is 39.8 Å². The van der Waals surface area contributed by atoms with Gasteiger partial charge in [-0.3, -0.25) is 0 Å². The molecule has 0 N–H and O–H groups in total. The highest BCUT2D eigenvalue weighted by atomic mass is 15.2. The summed E-state index contributed by atoms with van der Waals surface area (Å²) in [6.45, 7) is 6.84. The summed E-state index contributed by atoms with van der Waals surface area (Å²) in [6, 6.07) is 110. The Morgan fingerprint density at radius 2 is 0.713 bits per heavy atom. The van der Waals surface area contributed by atoms with Crippen molar-refractivity contribution in [2.75, 3.05) is 14.6 Å². The fraction of sp³-hybridized carbons (Fsp3) is 0.0526. The summed E-state index contributed by atoms with van der Waals surface area (Å²) >= 11 is 0. The molecule has 0 aliphatic carbocycles. The minimum atomic E-state index is -0.208. The molecule has 0 saturated carbocycles. The second-order valence-corrected chi connectivity index (χ2v) is 22.1. The Bertz CT molecular complexity index is 4110. The van der Waals surface area contributed by atoms with Gasteiger partial charge in [0.15, 0.2) is 0 Å². The van der Waals surface area contributed by atoms with Gasteiger partial charge < -0.3 is 14.6 Å². The SMILES string of the molecule is CC(C)(C)c1cc2c3c(c1)N(c1cccc(-c4ccccc4)c1)c1cc(-c4ccccc4)ccc1B3N(c1cccc(-c3ccccc3)c1)c1cc(N(c3ccc(-c4ccccc4)cc3)c3ccc(-c4ccccc4)cc3)ccc1-2. The van der Waals surface area contributed by atoms with Gasteiger partial charge in [0.25, 0.3) is 0 Å². The van der Waals surface area contributed by atoms with E-state index < -0.39 is 0 Å². The number of benzene rings is 12. The van der Waals surface area contributed by atoms with Gasteiger partial charge in [-0.05, 0) is 156 Å². The van der Waals surface area contributed by atoms with Gasteiger partial charge in [-0.25, -0.2) is 0 Å². The van der Waals surface area contributed by atoms with Crippen molar-refractivity contribution in [3.05, 3.63) is 303 Å². The molecule has 380 valence electrons. The van der Waals surface area contributed by atoms with E-state index in [0.29, 0.717) is 0 Å². The Hall–Kier alpha value is -9.90. The molecule has 2 heterocycles. The van der Waals surface area contributed by atoms with Crippen LogP contribution < -0.4 is 25.5 Å². The van der Waals surface area contributed by atoms with Gasteiger partial charge in [0.05, 0.1) is 0 Å². The third-order valence-electron chi connectivity index (χ3n) is 16.2. The molecule has 0 aromatic heterocycles. The molecule has 12 aromatic rings. The maximum atomic E-state index is 2.65. The quantitative estimate of drug-likeness (QED) is 0.126. The minimum Gasteiger partial charge on any atom is -0.376 e. The summed E-state index contributed by atoms with van der Waals surface area (Å²) in [7, 11) is 0. The van der Waals surface area contributed by atoms with Gasteiger partial charge in [0.1, 0.15) is 0 Å². The van der Waals surface area contributed by atoms with Crippen molar-refractivity contribution >= 4 is 63.3 Å². The highest BCUT2D eigenvalue weighted by molar-refractivity contribution is 6.93. The molecule has 0 unspecified atom stereocenters. The van der Waals surface area contributed by atoms with Crippen molar-refractivity contribution in [1.29, 1.82) is 0 Å². The number of anilines is 8. The topological polar surface area (TPSA) is 9.72 Å². The van der Waals surface area contributed by atoms with Gasteiger partial charge in [-0.15, -0.1) is 0 Å². The van der Waals surface area contributed by atoms with Gasteiger partial charge in [-0.1, -0.05) is 245 Å². The van der Waals surface area contributed by atoms with Gasteiger partial charge >= 0.3 is 6.85 Å². The molecule has 4 heteroatoms. The van der Waals surface area contributed by atoms with Crippen LogP contribution in [-0.4, -0.2) is 6.85 Å². The predicted octanol–water partition coefficient (Wildman–Crippen LogP) is 19.5. The first-order chi connectivity index (χ1) is 39.3. The number of nitrogens with zero attached hydrogens (tertiary/aromatic N) is 3. The van der Waals surface area contributed by atoms with Gasteiger partial charge in [-0.2, -0.15) is 0 Å². The molecule has 2 aliphatic rings. The summed E-state index contributed by atoms with van der Waals surface area (Å²) in [5.74, 6) is 0. The lowest BCUT2D eigenvalue weighted by Crippen LogP contribution is -2.61. The number of hydrogen-bond donors (Lipinski definition) is 0. The van der Waals surface area contributed by atoms with Crippen LogP contribution in [0.2, 0.25) is 0 Å². The average molecular weight is 1020 g/mol. The Kier molecular flexibility index (Phi) is 12.2. The fourth-order valence-electron chi connectivity index (χ4n) is 12.1. The first-order valence-electron chi connectivity index (χ1n) is 27.8. The van der Waals surface area contributed by atoms with E-state index >= 15 is 0 Å². The van der Waals surface area contributed by atoms with Crippen molar-refractivity contribution in [2.45, 2.75) is 26.2 Å². The van der Waals surface area contributed by atoms with Crippen LogP contribution in [0.25, 0.3) is 66.8 Å². The van der Waals surface area contributed by atoms with Crippen molar-refractivity contribution in [3.8, 4) is 66.8 Å². The van der Waals surface area contributed by atoms with Gasteiger partial charge in [0.2, 0.25) is 0 Å². The van der Waals surface area contributed by atoms with Gasteiger partial charge in [0, 0.05) is 51.1 Å². The summed E-state index contributed by atoms with van der Waals surface area (Å²) < 4.78 is 0. The van der Waals surface area contributed by atoms with Crippen LogP contribution in [0.15, 0.2) is 297 Å². The summed E-state index contributed by atoms with van der Waals surface area (Å²) in [6.07, 6.45) is 0. The molecule has 12 aromatic carbocycles. The third kappa shape index (κ3) is 8.85. The first kappa shape index (κ1) is 48.5. The Balaban J connectivity index is 1.04. The van der Waals surface area contributed by atoms with Crippen molar-refractivity contribution in [3.63, 3.8) is 0 Å². The molecule has 0 spiro atoms. The van der Waals surface area contributed by atoms with Crippen molar-refractivity contribution in [1.82, 2.24) is 0 Å². The molecule has 0 radical (unpaired) electrons. The summed E-state index contributed by atoms with van der Waals surface area (Å²) in [5.41, 5.74) is 26.9. The van der Waals surface area contributed by atoms with Crippen LogP contribution >= 0.6 is 0 Å². The molecule has 2 aliphatic heterocycles. The maximum absolute atomic E-state index is 2.65. The van der Waals surface area contributed by atoms with E-state index in [1.165, 1.54) is 88.9 Å². The van der Waals surface area contributed by atoms with Crippen LogP contribution in [0.3, 0.4) is 0 Å². The summed E-state index contributed by atoms with van der Waals surface area (Å²) in [5, 5.41) is 0. The molecule has 3 nitrogen and oxygen atoms in total. The smallest absolute Gasteiger partial charge is 0.333 e. The monoisotopic (exact) mass is 1020 g/mol. The molecule has 0 atom stereocenters. The third-order valence-corrected chi connectivity index (χ3v) is 16.2.